The van der Waals surface area contributed by atoms with Gasteiger partial charge in [0.25, 0.3) is 5.91 Å². The Morgan fingerprint density at radius 2 is 2.00 bits per heavy atom. The van der Waals surface area contributed by atoms with Crippen molar-refractivity contribution < 1.29 is 19.1 Å². The molecule has 0 aliphatic carbocycles. The van der Waals surface area contributed by atoms with Crippen LogP contribution in [0.1, 0.15) is 30.6 Å². The Hall–Kier alpha value is -3.15. The number of aromatic nitrogens is 1. The van der Waals surface area contributed by atoms with Gasteiger partial charge in [-0.25, -0.2) is 4.98 Å². The van der Waals surface area contributed by atoms with Gasteiger partial charge in [-0.3, -0.25) is 9.59 Å². The van der Waals surface area contributed by atoms with Gasteiger partial charge in [-0.15, -0.1) is 0 Å². The fourth-order valence-corrected chi connectivity index (χ4v) is 2.85. The number of benzene rings is 1. The predicted molar refractivity (Wildman–Crippen MR) is 97.9 cm³/mol. The zero-order valence-corrected chi connectivity index (χ0v) is 14.7. The quantitative estimate of drug-likeness (QED) is 0.729. The number of hydrogen-bond donors (Lipinski definition) is 1. The summed E-state index contributed by atoms with van der Waals surface area (Å²) in [6.07, 6.45) is 2.21. The normalized spacial score (nSPS) is 12.1. The van der Waals surface area contributed by atoms with E-state index in [1.807, 2.05) is 38.1 Å². The highest BCUT2D eigenvalue weighted by atomic mass is 16.4. The Morgan fingerprint density at radius 3 is 2.65 bits per heavy atom. The van der Waals surface area contributed by atoms with Crippen LogP contribution in [0.5, 0.6) is 0 Å². The van der Waals surface area contributed by atoms with Gasteiger partial charge in [-0.2, -0.15) is 0 Å². The van der Waals surface area contributed by atoms with E-state index in [2.05, 4.69) is 4.98 Å². The van der Waals surface area contributed by atoms with E-state index in [0.29, 0.717) is 34.3 Å². The van der Waals surface area contributed by atoms with E-state index in [1.165, 1.54) is 4.90 Å². The van der Waals surface area contributed by atoms with Crippen LogP contribution in [-0.2, 0) is 4.79 Å². The Bertz CT molecular complexity index is 934. The summed E-state index contributed by atoms with van der Waals surface area (Å²) in [7, 11) is 0. The summed E-state index contributed by atoms with van der Waals surface area (Å²) in [6, 6.07) is 12.3. The molecule has 6 nitrogen and oxygen atoms in total. The summed E-state index contributed by atoms with van der Waals surface area (Å²) in [5.41, 5.74) is 1.62. The Kier molecular flexibility index (Phi) is 5.02. The number of aliphatic carboxylic acids is 1. The molecule has 1 N–H and O–H groups in total. The molecular formula is C20H20N2O4. The molecule has 1 unspecified atom stereocenters. The first-order valence-electron chi connectivity index (χ1n) is 8.47. The van der Waals surface area contributed by atoms with Crippen molar-refractivity contribution in [3.8, 4) is 11.5 Å². The van der Waals surface area contributed by atoms with Crippen LogP contribution >= 0.6 is 0 Å². The predicted octanol–water partition coefficient (Wildman–Crippen LogP) is 3.82. The van der Waals surface area contributed by atoms with Crippen LogP contribution in [-0.4, -0.2) is 39.5 Å². The molecule has 0 fully saturated rings. The third-order valence-electron chi connectivity index (χ3n) is 4.41. The van der Waals surface area contributed by atoms with E-state index in [0.717, 1.165) is 0 Å². The number of carbonyl (C=O) groups excluding carboxylic acids is 1. The van der Waals surface area contributed by atoms with E-state index in [4.69, 9.17) is 4.42 Å². The molecular weight excluding hydrogens is 332 g/mol. The van der Waals surface area contributed by atoms with Crippen LogP contribution in [0.15, 0.2) is 53.1 Å². The van der Waals surface area contributed by atoms with Crippen LogP contribution in [0.3, 0.4) is 0 Å². The van der Waals surface area contributed by atoms with Crippen molar-refractivity contribution >= 4 is 22.8 Å². The second-order valence-electron chi connectivity index (χ2n) is 6.13. The molecule has 0 bridgehead atoms. The minimum absolute atomic E-state index is 0.197. The number of para-hydroxylation sites is 1. The molecule has 2 heterocycles. The maximum absolute atomic E-state index is 13.2. The molecule has 0 radical (unpaired) electrons. The van der Waals surface area contributed by atoms with Gasteiger partial charge < -0.3 is 14.4 Å². The first-order valence-corrected chi connectivity index (χ1v) is 8.47. The van der Waals surface area contributed by atoms with E-state index in [9.17, 15) is 14.7 Å². The van der Waals surface area contributed by atoms with Crippen molar-refractivity contribution in [2.75, 3.05) is 6.54 Å². The molecule has 26 heavy (non-hydrogen) atoms. The molecule has 1 aromatic carbocycles. The summed E-state index contributed by atoms with van der Waals surface area (Å²) in [5.74, 6) is -0.811. The van der Waals surface area contributed by atoms with Gasteiger partial charge in [0, 0.05) is 11.4 Å². The summed E-state index contributed by atoms with van der Waals surface area (Å²) in [6.45, 7) is 3.42. The topological polar surface area (TPSA) is 83.6 Å². The first-order chi connectivity index (χ1) is 12.5. The third kappa shape index (κ3) is 3.44. The molecule has 134 valence electrons. The number of rotatable bonds is 6. The highest BCUT2D eigenvalue weighted by Gasteiger charge is 2.25. The number of fused-ring (bicyclic) bond motifs is 1. The number of carboxylic acid groups (broad SMARTS) is 1. The SMILES string of the molecule is CCC(C)N(CC(=O)O)C(=O)c1cc(-c2ccco2)nc2ccccc12. The zero-order chi connectivity index (χ0) is 18.7. The summed E-state index contributed by atoms with van der Waals surface area (Å²) >= 11 is 0. The Labute approximate surface area is 151 Å². The van der Waals surface area contributed by atoms with Crippen molar-refractivity contribution in [1.29, 1.82) is 0 Å². The van der Waals surface area contributed by atoms with Crippen LogP contribution in [0.4, 0.5) is 0 Å². The molecule has 0 aliphatic rings. The zero-order valence-electron chi connectivity index (χ0n) is 14.7. The highest BCUT2D eigenvalue weighted by molar-refractivity contribution is 6.07. The molecule has 3 aromatic rings. The van der Waals surface area contributed by atoms with Crippen LogP contribution in [0.25, 0.3) is 22.4 Å². The second-order valence-corrected chi connectivity index (χ2v) is 6.13. The van der Waals surface area contributed by atoms with Crippen LogP contribution < -0.4 is 0 Å². The standard InChI is InChI=1S/C20H20N2O4/c1-3-13(2)22(12-19(23)24)20(25)15-11-17(18-9-6-10-26-18)21-16-8-5-4-7-14(15)16/h4-11,13H,3,12H2,1-2H3,(H,23,24). The molecule has 3 rings (SSSR count). The molecule has 0 saturated heterocycles. The fourth-order valence-electron chi connectivity index (χ4n) is 2.85. The van der Waals surface area contributed by atoms with E-state index < -0.39 is 5.97 Å². The van der Waals surface area contributed by atoms with Gasteiger partial charge in [-0.1, -0.05) is 25.1 Å². The maximum Gasteiger partial charge on any atom is 0.323 e. The summed E-state index contributed by atoms with van der Waals surface area (Å²) in [4.78, 5) is 30.4. The molecule has 0 saturated carbocycles. The van der Waals surface area contributed by atoms with Gasteiger partial charge in [0.15, 0.2) is 5.76 Å². The molecule has 0 aliphatic heterocycles. The van der Waals surface area contributed by atoms with Gasteiger partial charge in [-0.05, 0) is 37.6 Å². The minimum Gasteiger partial charge on any atom is -0.480 e. The van der Waals surface area contributed by atoms with Crippen molar-refractivity contribution in [2.24, 2.45) is 0 Å². The minimum atomic E-state index is -1.04. The lowest BCUT2D eigenvalue weighted by molar-refractivity contribution is -0.138. The molecule has 1 amide bonds. The monoisotopic (exact) mass is 352 g/mol. The third-order valence-corrected chi connectivity index (χ3v) is 4.41. The fraction of sp³-hybridized carbons (Fsp3) is 0.250. The number of nitrogens with zero attached hydrogens (tertiary/aromatic N) is 2. The summed E-state index contributed by atoms with van der Waals surface area (Å²) in [5, 5.41) is 9.91. The lowest BCUT2D eigenvalue weighted by Gasteiger charge is -2.27. The van der Waals surface area contributed by atoms with Crippen molar-refractivity contribution in [1.82, 2.24) is 9.88 Å². The maximum atomic E-state index is 13.2. The molecule has 2 aromatic heterocycles. The molecule has 6 heteroatoms. The number of pyridine rings is 1. The van der Waals surface area contributed by atoms with Gasteiger partial charge >= 0.3 is 5.97 Å². The van der Waals surface area contributed by atoms with Gasteiger partial charge in [0.2, 0.25) is 0 Å². The average molecular weight is 352 g/mol. The van der Waals surface area contributed by atoms with E-state index in [-0.39, 0.29) is 18.5 Å². The largest absolute Gasteiger partial charge is 0.480 e. The molecule has 0 spiro atoms. The Balaban J connectivity index is 2.15. The number of carbonyl (C=O) groups is 2. The summed E-state index contributed by atoms with van der Waals surface area (Å²) < 4.78 is 5.42. The first kappa shape index (κ1) is 17.7. The van der Waals surface area contributed by atoms with Crippen LogP contribution in [0, 0.1) is 0 Å². The average Bonchev–Trinajstić information content (AvgIpc) is 3.18. The van der Waals surface area contributed by atoms with E-state index >= 15 is 0 Å². The second kappa shape index (κ2) is 7.39. The van der Waals surface area contributed by atoms with Crippen molar-refractivity contribution in [3.05, 3.63) is 54.3 Å². The van der Waals surface area contributed by atoms with Crippen molar-refractivity contribution in [3.63, 3.8) is 0 Å². The smallest absolute Gasteiger partial charge is 0.323 e. The number of amides is 1. The Morgan fingerprint density at radius 1 is 1.23 bits per heavy atom. The number of carboxylic acids is 1. The van der Waals surface area contributed by atoms with Crippen molar-refractivity contribution in [2.45, 2.75) is 26.3 Å². The lowest BCUT2D eigenvalue weighted by Crippen LogP contribution is -2.42. The van der Waals surface area contributed by atoms with Gasteiger partial charge in [0.1, 0.15) is 12.2 Å². The lowest BCUT2D eigenvalue weighted by atomic mass is 10.0. The number of furan rings is 1. The molecule has 1 atom stereocenters. The highest BCUT2D eigenvalue weighted by Crippen LogP contribution is 2.26. The van der Waals surface area contributed by atoms with Crippen LogP contribution in [0.2, 0.25) is 0 Å². The van der Waals surface area contributed by atoms with E-state index in [1.54, 1.807) is 24.5 Å². The van der Waals surface area contributed by atoms with Gasteiger partial charge in [0.05, 0.1) is 17.3 Å². The number of hydrogen-bond acceptors (Lipinski definition) is 4.